The molecule has 1 heterocycles. The number of allylic oxidation sites excluding steroid dienone is 2. The molecule has 0 aromatic heterocycles. The molecule has 3 aliphatic rings. The Bertz CT molecular complexity index is 782. The number of esters is 2. The zero-order valence-corrected chi connectivity index (χ0v) is 15.0. The Balaban J connectivity index is 2.07. The Hall–Kier alpha value is -2.47. The van der Waals surface area contributed by atoms with Crippen LogP contribution in [0.1, 0.15) is 27.2 Å². The Morgan fingerprint density at radius 3 is 2.81 bits per heavy atom. The minimum Gasteiger partial charge on any atom is -0.458 e. The second-order valence-electron chi connectivity index (χ2n) is 7.18. The molecular weight excluding hydrogens is 336 g/mol. The van der Waals surface area contributed by atoms with Crippen LogP contribution in [0.25, 0.3) is 0 Å². The zero-order valence-electron chi connectivity index (χ0n) is 15.0. The van der Waals surface area contributed by atoms with E-state index in [1.54, 1.807) is 39.0 Å². The molecular formula is C20H22O6. The van der Waals surface area contributed by atoms with Crippen LogP contribution < -0.4 is 0 Å². The minimum atomic E-state index is -1.28. The van der Waals surface area contributed by atoms with E-state index in [2.05, 4.69) is 6.58 Å². The van der Waals surface area contributed by atoms with Crippen LogP contribution in [-0.4, -0.2) is 41.1 Å². The van der Waals surface area contributed by atoms with Gasteiger partial charge in [0.2, 0.25) is 0 Å². The number of hydrogen-bond donors (Lipinski definition) is 1. The van der Waals surface area contributed by atoms with E-state index >= 15 is 0 Å². The molecule has 6 heteroatoms. The minimum absolute atomic E-state index is 0.134. The highest BCUT2D eigenvalue weighted by Gasteiger charge is 2.56. The van der Waals surface area contributed by atoms with Crippen molar-refractivity contribution in [3.63, 3.8) is 0 Å². The average Bonchev–Trinajstić information content (AvgIpc) is 3.01. The summed E-state index contributed by atoms with van der Waals surface area (Å²) in [5.74, 6) is -2.32. The van der Waals surface area contributed by atoms with Crippen LogP contribution in [0.4, 0.5) is 0 Å². The Morgan fingerprint density at radius 2 is 2.19 bits per heavy atom. The fourth-order valence-electron chi connectivity index (χ4n) is 3.96. The summed E-state index contributed by atoms with van der Waals surface area (Å²) in [6, 6.07) is 0. The van der Waals surface area contributed by atoms with E-state index in [1.807, 2.05) is 0 Å². The molecule has 1 fully saturated rings. The number of carbonyl (C=O) groups is 3. The number of aliphatic hydroxyl groups is 1. The number of ether oxygens (including phenoxy) is 2. The predicted molar refractivity (Wildman–Crippen MR) is 92.8 cm³/mol. The summed E-state index contributed by atoms with van der Waals surface area (Å²) in [5.41, 5.74) is 0.381. The SMILES string of the molecule is C=C1C(=O)O[C@H]2[C@H]1[C@H](OC(=O)/C(C)=C\C)CC(C=O)=C1C=C[C@@](C)(O)[C@@H]12. The molecule has 138 valence electrons. The van der Waals surface area contributed by atoms with Crippen LogP contribution >= 0.6 is 0 Å². The lowest BCUT2D eigenvalue weighted by atomic mass is 9.78. The second kappa shape index (κ2) is 6.36. The smallest absolute Gasteiger partial charge is 0.334 e. The number of rotatable bonds is 3. The van der Waals surface area contributed by atoms with Crippen molar-refractivity contribution in [2.75, 3.05) is 0 Å². The molecule has 1 aliphatic heterocycles. The quantitative estimate of drug-likeness (QED) is 0.470. The van der Waals surface area contributed by atoms with E-state index in [0.717, 1.165) is 0 Å². The molecule has 26 heavy (non-hydrogen) atoms. The zero-order chi connectivity index (χ0) is 19.2. The maximum atomic E-state index is 12.3. The van der Waals surface area contributed by atoms with Gasteiger partial charge in [0.1, 0.15) is 18.5 Å². The van der Waals surface area contributed by atoms with Gasteiger partial charge in [-0.15, -0.1) is 0 Å². The summed E-state index contributed by atoms with van der Waals surface area (Å²) < 4.78 is 11.1. The molecule has 5 atom stereocenters. The molecule has 0 radical (unpaired) electrons. The molecule has 3 rings (SSSR count). The average molecular weight is 358 g/mol. The lowest BCUT2D eigenvalue weighted by molar-refractivity contribution is -0.150. The summed E-state index contributed by atoms with van der Waals surface area (Å²) in [5, 5.41) is 10.8. The van der Waals surface area contributed by atoms with Crippen molar-refractivity contribution in [3.05, 3.63) is 47.1 Å². The highest BCUT2D eigenvalue weighted by Crippen LogP contribution is 2.49. The first-order valence-corrected chi connectivity index (χ1v) is 8.54. The number of carbonyl (C=O) groups excluding carboxylic acids is 3. The van der Waals surface area contributed by atoms with E-state index in [1.165, 1.54) is 0 Å². The second-order valence-corrected chi connectivity index (χ2v) is 7.18. The van der Waals surface area contributed by atoms with Crippen molar-refractivity contribution in [1.29, 1.82) is 0 Å². The van der Waals surface area contributed by atoms with Gasteiger partial charge in [0.05, 0.1) is 17.4 Å². The Labute approximate surface area is 151 Å². The van der Waals surface area contributed by atoms with Crippen molar-refractivity contribution < 1.29 is 29.0 Å². The van der Waals surface area contributed by atoms with Gasteiger partial charge < -0.3 is 14.6 Å². The van der Waals surface area contributed by atoms with Gasteiger partial charge in [-0.1, -0.05) is 24.8 Å². The summed E-state index contributed by atoms with van der Waals surface area (Å²) in [4.78, 5) is 36.1. The fourth-order valence-corrected chi connectivity index (χ4v) is 3.96. The van der Waals surface area contributed by atoms with Crippen molar-refractivity contribution in [1.82, 2.24) is 0 Å². The Kier molecular flexibility index (Phi) is 4.48. The maximum Gasteiger partial charge on any atom is 0.334 e. The van der Waals surface area contributed by atoms with Gasteiger partial charge in [0.15, 0.2) is 0 Å². The van der Waals surface area contributed by atoms with Gasteiger partial charge >= 0.3 is 11.9 Å². The highest BCUT2D eigenvalue weighted by molar-refractivity contribution is 5.92. The normalized spacial score (nSPS) is 36.4. The highest BCUT2D eigenvalue weighted by atomic mass is 16.6. The molecule has 1 N–H and O–H groups in total. The van der Waals surface area contributed by atoms with Crippen molar-refractivity contribution >= 4 is 18.2 Å². The first-order chi connectivity index (χ1) is 12.2. The van der Waals surface area contributed by atoms with Gasteiger partial charge in [0, 0.05) is 17.6 Å². The number of aldehydes is 1. The third kappa shape index (κ3) is 2.74. The van der Waals surface area contributed by atoms with Gasteiger partial charge in [0.25, 0.3) is 0 Å². The van der Waals surface area contributed by atoms with Crippen LogP contribution in [-0.2, 0) is 23.9 Å². The number of fused-ring (bicyclic) bond motifs is 3. The number of hydrogen-bond acceptors (Lipinski definition) is 6. The standard InChI is InChI=1S/C20H22O6/c1-5-10(2)18(22)25-14-8-12(9-21)13-6-7-20(4,24)16(13)17-15(14)11(3)19(23)26-17/h5-7,9,14-17,24H,3,8H2,1-2,4H3/b10-5-/t14-,15-,16+,17+,20-/m1/s1. The van der Waals surface area contributed by atoms with Gasteiger partial charge in [-0.2, -0.15) is 0 Å². The molecule has 0 saturated carbocycles. The van der Waals surface area contributed by atoms with Crippen LogP contribution in [0, 0.1) is 11.8 Å². The van der Waals surface area contributed by atoms with Crippen molar-refractivity contribution in [2.45, 2.75) is 45.0 Å². The lowest BCUT2D eigenvalue weighted by Crippen LogP contribution is -2.43. The summed E-state index contributed by atoms with van der Waals surface area (Å²) in [6.45, 7) is 8.76. The molecule has 0 amide bonds. The first-order valence-electron chi connectivity index (χ1n) is 8.54. The van der Waals surface area contributed by atoms with E-state index in [4.69, 9.17) is 9.47 Å². The lowest BCUT2D eigenvalue weighted by Gasteiger charge is -2.33. The molecule has 0 aromatic rings. The van der Waals surface area contributed by atoms with E-state index < -0.39 is 41.6 Å². The largest absolute Gasteiger partial charge is 0.458 e. The molecule has 2 aliphatic carbocycles. The van der Waals surface area contributed by atoms with Crippen LogP contribution in [0.2, 0.25) is 0 Å². The van der Waals surface area contributed by atoms with Crippen molar-refractivity contribution in [2.24, 2.45) is 11.8 Å². The van der Waals surface area contributed by atoms with Crippen LogP contribution in [0.15, 0.2) is 47.1 Å². The van der Waals surface area contributed by atoms with Gasteiger partial charge in [-0.25, -0.2) is 9.59 Å². The Morgan fingerprint density at radius 1 is 1.50 bits per heavy atom. The third-order valence-corrected chi connectivity index (χ3v) is 5.50. The van der Waals surface area contributed by atoms with E-state index in [-0.39, 0.29) is 12.0 Å². The van der Waals surface area contributed by atoms with Crippen LogP contribution in [0.5, 0.6) is 0 Å². The summed E-state index contributed by atoms with van der Waals surface area (Å²) in [7, 11) is 0. The summed E-state index contributed by atoms with van der Waals surface area (Å²) in [6.07, 6.45) is 4.22. The predicted octanol–water partition coefficient (Wildman–Crippen LogP) is 1.80. The monoisotopic (exact) mass is 358 g/mol. The molecule has 0 spiro atoms. The third-order valence-electron chi connectivity index (χ3n) is 5.50. The van der Waals surface area contributed by atoms with E-state index in [9.17, 15) is 19.5 Å². The van der Waals surface area contributed by atoms with Crippen molar-refractivity contribution in [3.8, 4) is 0 Å². The molecule has 1 saturated heterocycles. The van der Waals surface area contributed by atoms with E-state index in [0.29, 0.717) is 23.0 Å². The molecule has 0 bridgehead atoms. The topological polar surface area (TPSA) is 89.9 Å². The molecule has 0 unspecified atom stereocenters. The first kappa shape index (κ1) is 18.3. The molecule has 0 aromatic carbocycles. The van der Waals surface area contributed by atoms with Gasteiger partial charge in [-0.3, -0.25) is 4.79 Å². The summed E-state index contributed by atoms with van der Waals surface area (Å²) >= 11 is 0. The maximum absolute atomic E-state index is 12.3. The van der Waals surface area contributed by atoms with Crippen LogP contribution in [0.3, 0.4) is 0 Å². The van der Waals surface area contributed by atoms with Gasteiger partial charge in [-0.05, 0) is 31.9 Å². The molecule has 6 nitrogen and oxygen atoms in total. The fraction of sp³-hybridized carbons (Fsp3) is 0.450.